The fourth-order valence-corrected chi connectivity index (χ4v) is 4.01. The molecule has 2 aromatic rings. The molecule has 1 atom stereocenters. The molecule has 32 heavy (non-hydrogen) atoms. The van der Waals surface area contributed by atoms with Gasteiger partial charge in [-0.3, -0.25) is 14.6 Å². The van der Waals surface area contributed by atoms with E-state index in [2.05, 4.69) is 23.7 Å². The lowest BCUT2D eigenvalue weighted by molar-refractivity contribution is -0.140. The summed E-state index contributed by atoms with van der Waals surface area (Å²) in [6.07, 6.45) is 1.63. The van der Waals surface area contributed by atoms with Gasteiger partial charge in [-0.15, -0.1) is 0 Å². The van der Waals surface area contributed by atoms with Crippen LogP contribution in [0, 0.1) is 6.92 Å². The molecular formula is C25H31N3O4. The molecule has 0 saturated carbocycles. The van der Waals surface area contributed by atoms with E-state index in [1.807, 2.05) is 19.9 Å². The molecule has 1 amide bonds. The second-order valence-corrected chi connectivity index (χ2v) is 7.69. The third kappa shape index (κ3) is 4.67. The third-order valence-electron chi connectivity index (χ3n) is 5.81. The zero-order chi connectivity index (χ0) is 23.3. The molecule has 0 radical (unpaired) electrons. The average Bonchev–Trinajstić information content (AvgIpc) is 3.06. The Morgan fingerprint density at radius 3 is 2.50 bits per heavy atom. The zero-order valence-electron chi connectivity index (χ0n) is 19.2. The van der Waals surface area contributed by atoms with E-state index >= 15 is 0 Å². The van der Waals surface area contributed by atoms with Crippen molar-refractivity contribution in [2.75, 3.05) is 32.8 Å². The van der Waals surface area contributed by atoms with E-state index in [-0.39, 0.29) is 11.3 Å². The molecule has 1 fully saturated rings. The Morgan fingerprint density at radius 2 is 1.91 bits per heavy atom. The Labute approximate surface area is 189 Å². The molecule has 170 valence electrons. The summed E-state index contributed by atoms with van der Waals surface area (Å²) in [5.41, 5.74) is 1.92. The number of likely N-dealkylation sites (N-methyl/N-ethyl adjacent to an activating group) is 1. The summed E-state index contributed by atoms with van der Waals surface area (Å²) in [5, 5.41) is 11.2. The van der Waals surface area contributed by atoms with Crippen molar-refractivity contribution in [3.05, 3.63) is 65.0 Å². The summed E-state index contributed by atoms with van der Waals surface area (Å²) in [4.78, 5) is 34.2. The van der Waals surface area contributed by atoms with Crippen molar-refractivity contribution in [1.29, 1.82) is 0 Å². The smallest absolute Gasteiger partial charge is 0.295 e. The molecule has 7 nitrogen and oxygen atoms in total. The first-order chi connectivity index (χ1) is 15.4. The van der Waals surface area contributed by atoms with Gasteiger partial charge in [0.05, 0.1) is 17.9 Å². The van der Waals surface area contributed by atoms with Gasteiger partial charge in [-0.05, 0) is 62.8 Å². The molecule has 1 aromatic carbocycles. The molecule has 1 N–H and O–H groups in total. The maximum Gasteiger partial charge on any atom is 0.295 e. The van der Waals surface area contributed by atoms with E-state index in [0.717, 1.165) is 18.7 Å². The second-order valence-electron chi connectivity index (χ2n) is 7.69. The fraction of sp³-hybridized carbons (Fsp3) is 0.400. The van der Waals surface area contributed by atoms with Crippen LogP contribution in [0.2, 0.25) is 0 Å². The molecule has 7 heteroatoms. The van der Waals surface area contributed by atoms with Gasteiger partial charge in [0.2, 0.25) is 0 Å². The minimum absolute atomic E-state index is 0.0665. The number of amides is 1. The lowest BCUT2D eigenvalue weighted by Crippen LogP contribution is -2.38. The number of aliphatic hydroxyl groups is 1. The number of nitrogens with zero attached hydrogens (tertiary/aromatic N) is 3. The maximum absolute atomic E-state index is 13.1. The van der Waals surface area contributed by atoms with E-state index < -0.39 is 17.7 Å². The monoisotopic (exact) mass is 437 g/mol. The molecule has 0 aliphatic carbocycles. The number of likely N-dealkylation sites (tertiary alicyclic amines) is 1. The van der Waals surface area contributed by atoms with Gasteiger partial charge in [-0.25, -0.2) is 0 Å². The van der Waals surface area contributed by atoms with Gasteiger partial charge in [-0.1, -0.05) is 19.9 Å². The van der Waals surface area contributed by atoms with Crippen molar-refractivity contribution in [3.8, 4) is 5.75 Å². The fourth-order valence-electron chi connectivity index (χ4n) is 4.01. The predicted octanol–water partition coefficient (Wildman–Crippen LogP) is 3.55. The van der Waals surface area contributed by atoms with E-state index in [0.29, 0.717) is 36.7 Å². The molecule has 2 heterocycles. The van der Waals surface area contributed by atoms with Gasteiger partial charge in [0.25, 0.3) is 11.7 Å². The molecule has 0 bridgehead atoms. The molecule has 3 rings (SSSR count). The van der Waals surface area contributed by atoms with Crippen molar-refractivity contribution in [2.45, 2.75) is 33.7 Å². The van der Waals surface area contributed by atoms with Crippen molar-refractivity contribution in [1.82, 2.24) is 14.8 Å². The van der Waals surface area contributed by atoms with E-state index in [1.165, 1.54) is 4.90 Å². The van der Waals surface area contributed by atoms with Crippen molar-refractivity contribution < 1.29 is 19.4 Å². The average molecular weight is 438 g/mol. The standard InChI is InChI=1S/C25H31N3O4/c1-5-27(6-2)14-15-28-22(19-10-8-9-13-26-19)21(24(30)25(28)31)23(29)18-11-12-20(32-7-3)17(4)16-18/h8-13,16,22,29H,5-7,14-15H2,1-4H3/b23-21-. The van der Waals surface area contributed by atoms with Gasteiger partial charge in [0.1, 0.15) is 17.6 Å². The number of carbonyl (C=O) groups excluding carboxylic acids is 2. The zero-order valence-corrected chi connectivity index (χ0v) is 19.2. The van der Waals surface area contributed by atoms with Crippen LogP contribution in [0.15, 0.2) is 48.2 Å². The van der Waals surface area contributed by atoms with Crippen LogP contribution in [-0.2, 0) is 9.59 Å². The van der Waals surface area contributed by atoms with Crippen LogP contribution >= 0.6 is 0 Å². The summed E-state index contributed by atoms with van der Waals surface area (Å²) in [6, 6.07) is 9.86. The van der Waals surface area contributed by atoms with E-state index in [9.17, 15) is 14.7 Å². The maximum atomic E-state index is 13.1. The first kappa shape index (κ1) is 23.5. The number of carbonyl (C=O) groups is 2. The molecule has 1 aliphatic rings. The first-order valence-electron chi connectivity index (χ1n) is 11.1. The Morgan fingerprint density at radius 1 is 1.16 bits per heavy atom. The SMILES string of the molecule is CCOc1ccc(/C(O)=C2/C(=O)C(=O)N(CCN(CC)CC)C2c2ccccn2)cc1C. The summed E-state index contributed by atoms with van der Waals surface area (Å²) < 4.78 is 5.58. The molecular weight excluding hydrogens is 406 g/mol. The molecule has 1 saturated heterocycles. The van der Waals surface area contributed by atoms with E-state index in [1.54, 1.807) is 36.5 Å². The third-order valence-corrected chi connectivity index (χ3v) is 5.81. The number of aromatic nitrogens is 1. The summed E-state index contributed by atoms with van der Waals surface area (Å²) in [6.45, 7) is 11.1. The van der Waals surface area contributed by atoms with Crippen LogP contribution < -0.4 is 4.74 Å². The van der Waals surface area contributed by atoms with Crippen LogP contribution in [-0.4, -0.2) is 64.4 Å². The number of rotatable bonds is 9. The Balaban J connectivity index is 2.07. The molecule has 1 unspecified atom stereocenters. The lowest BCUT2D eigenvalue weighted by Gasteiger charge is -2.27. The van der Waals surface area contributed by atoms with Gasteiger partial charge >= 0.3 is 0 Å². The van der Waals surface area contributed by atoms with Crippen molar-refractivity contribution in [3.63, 3.8) is 0 Å². The number of benzene rings is 1. The number of aliphatic hydroxyl groups excluding tert-OH is 1. The lowest BCUT2D eigenvalue weighted by atomic mass is 9.97. The van der Waals surface area contributed by atoms with Crippen LogP contribution in [0.25, 0.3) is 5.76 Å². The van der Waals surface area contributed by atoms with Crippen LogP contribution in [0.5, 0.6) is 5.75 Å². The normalized spacial score (nSPS) is 17.9. The highest BCUT2D eigenvalue weighted by atomic mass is 16.5. The van der Waals surface area contributed by atoms with Gasteiger partial charge in [0, 0.05) is 24.8 Å². The second kappa shape index (κ2) is 10.4. The summed E-state index contributed by atoms with van der Waals surface area (Å²) >= 11 is 0. The molecule has 1 aromatic heterocycles. The summed E-state index contributed by atoms with van der Waals surface area (Å²) in [7, 11) is 0. The van der Waals surface area contributed by atoms with Crippen molar-refractivity contribution in [2.24, 2.45) is 0 Å². The number of ether oxygens (including phenoxy) is 1. The van der Waals surface area contributed by atoms with Crippen molar-refractivity contribution >= 4 is 17.4 Å². The van der Waals surface area contributed by atoms with Crippen LogP contribution in [0.3, 0.4) is 0 Å². The minimum atomic E-state index is -0.737. The van der Waals surface area contributed by atoms with Crippen LogP contribution in [0.4, 0.5) is 0 Å². The largest absolute Gasteiger partial charge is 0.507 e. The number of hydrogen-bond acceptors (Lipinski definition) is 6. The predicted molar refractivity (Wildman–Crippen MR) is 123 cm³/mol. The number of pyridine rings is 1. The van der Waals surface area contributed by atoms with Gasteiger partial charge in [-0.2, -0.15) is 0 Å². The Hall–Kier alpha value is -3.19. The highest BCUT2D eigenvalue weighted by Gasteiger charge is 2.46. The Bertz CT molecular complexity index is 1000. The first-order valence-corrected chi connectivity index (χ1v) is 11.1. The van der Waals surface area contributed by atoms with Crippen LogP contribution in [0.1, 0.15) is 43.6 Å². The molecule has 0 spiro atoms. The van der Waals surface area contributed by atoms with Gasteiger partial charge < -0.3 is 19.6 Å². The minimum Gasteiger partial charge on any atom is -0.507 e. The number of hydrogen-bond donors (Lipinski definition) is 1. The Kier molecular flexibility index (Phi) is 7.64. The van der Waals surface area contributed by atoms with E-state index in [4.69, 9.17) is 4.74 Å². The number of Topliss-reactive ketones (excluding diaryl/α,β-unsaturated/α-hetero) is 1. The number of ketones is 1. The highest BCUT2D eigenvalue weighted by molar-refractivity contribution is 6.46. The summed E-state index contributed by atoms with van der Waals surface area (Å²) in [5.74, 6) is -0.790. The number of aryl methyl sites for hydroxylation is 1. The molecule has 1 aliphatic heterocycles. The quantitative estimate of drug-likeness (QED) is 0.367. The topological polar surface area (TPSA) is 83.0 Å². The van der Waals surface area contributed by atoms with Gasteiger partial charge in [0.15, 0.2) is 0 Å². The highest BCUT2D eigenvalue weighted by Crippen LogP contribution is 2.38.